The number of aromatic nitrogens is 1. The molecule has 6 heteroatoms. The van der Waals surface area contributed by atoms with Crippen molar-refractivity contribution in [3.63, 3.8) is 0 Å². The second kappa shape index (κ2) is 5.88. The fraction of sp³-hybridized carbons (Fsp3) is 0.231. The summed E-state index contributed by atoms with van der Waals surface area (Å²) in [5.41, 5.74) is 6.62. The van der Waals surface area contributed by atoms with Gasteiger partial charge in [-0.1, -0.05) is 22.9 Å². The van der Waals surface area contributed by atoms with E-state index in [1.807, 2.05) is 6.92 Å². The normalized spacial score (nSPS) is 10.4. The highest BCUT2D eigenvalue weighted by atomic mass is 79.9. The molecule has 0 unspecified atom stereocenters. The monoisotopic (exact) mass is 323 g/mol. The summed E-state index contributed by atoms with van der Waals surface area (Å²) in [7, 11) is 0. The summed E-state index contributed by atoms with van der Waals surface area (Å²) >= 11 is 3.31. The largest absolute Gasteiger partial charge is 0.444 e. The molecule has 1 heterocycles. The Kier molecular flexibility index (Phi) is 4.21. The Labute approximate surface area is 119 Å². The van der Waals surface area contributed by atoms with E-state index in [1.54, 1.807) is 24.4 Å². The van der Waals surface area contributed by atoms with Crippen LogP contribution in [0.4, 0.5) is 5.69 Å². The fourth-order valence-electron chi connectivity index (χ4n) is 1.57. The molecule has 0 saturated carbocycles. The number of halogens is 1. The standard InChI is InChI=1S/C13H14BrN3O2/c1-2-9-6-16-12(19-9)7-17-13(18)10-5-8(14)3-4-11(10)15/h3-6H,2,7,15H2,1H3,(H,17,18). The summed E-state index contributed by atoms with van der Waals surface area (Å²) in [6.45, 7) is 2.22. The van der Waals surface area contributed by atoms with E-state index in [9.17, 15) is 4.79 Å². The predicted molar refractivity (Wildman–Crippen MR) is 75.6 cm³/mol. The number of anilines is 1. The SMILES string of the molecule is CCc1cnc(CNC(=O)c2cc(Br)ccc2N)o1. The van der Waals surface area contributed by atoms with E-state index in [0.717, 1.165) is 16.7 Å². The molecule has 100 valence electrons. The molecule has 1 amide bonds. The minimum atomic E-state index is -0.255. The number of amides is 1. The second-order valence-corrected chi connectivity index (χ2v) is 4.90. The molecule has 0 aliphatic rings. The van der Waals surface area contributed by atoms with E-state index in [-0.39, 0.29) is 12.5 Å². The van der Waals surface area contributed by atoms with Gasteiger partial charge in [-0.25, -0.2) is 4.98 Å². The number of nitrogens with two attached hydrogens (primary N) is 1. The van der Waals surface area contributed by atoms with Crippen molar-refractivity contribution in [3.05, 3.63) is 46.1 Å². The Hall–Kier alpha value is -1.82. The van der Waals surface area contributed by atoms with Gasteiger partial charge in [0.2, 0.25) is 5.89 Å². The zero-order chi connectivity index (χ0) is 13.8. The third-order valence-electron chi connectivity index (χ3n) is 2.61. The summed E-state index contributed by atoms with van der Waals surface area (Å²) in [4.78, 5) is 16.1. The first-order valence-corrected chi connectivity index (χ1v) is 6.66. The van der Waals surface area contributed by atoms with Crippen LogP contribution in [0.5, 0.6) is 0 Å². The maximum atomic E-state index is 12.0. The number of hydrogen-bond acceptors (Lipinski definition) is 4. The van der Waals surface area contributed by atoms with Gasteiger partial charge in [0.25, 0.3) is 5.91 Å². The molecule has 0 bridgehead atoms. The topological polar surface area (TPSA) is 81.2 Å². The highest BCUT2D eigenvalue weighted by Crippen LogP contribution is 2.18. The fourth-order valence-corrected chi connectivity index (χ4v) is 1.93. The van der Waals surface area contributed by atoms with Crippen molar-refractivity contribution in [3.8, 4) is 0 Å². The Balaban J connectivity index is 2.03. The summed E-state index contributed by atoms with van der Waals surface area (Å²) in [6, 6.07) is 5.14. The summed E-state index contributed by atoms with van der Waals surface area (Å²) in [6.07, 6.45) is 2.44. The number of nitrogens with zero attached hydrogens (tertiary/aromatic N) is 1. The van der Waals surface area contributed by atoms with Crippen molar-refractivity contribution >= 4 is 27.5 Å². The quantitative estimate of drug-likeness (QED) is 0.847. The van der Waals surface area contributed by atoms with E-state index in [2.05, 4.69) is 26.2 Å². The van der Waals surface area contributed by atoms with Gasteiger partial charge in [-0.3, -0.25) is 4.79 Å². The molecule has 0 radical (unpaired) electrons. The number of aryl methyl sites for hydroxylation is 1. The van der Waals surface area contributed by atoms with Gasteiger partial charge in [0.05, 0.1) is 18.3 Å². The van der Waals surface area contributed by atoms with Crippen molar-refractivity contribution < 1.29 is 9.21 Å². The molecule has 2 rings (SSSR count). The lowest BCUT2D eigenvalue weighted by atomic mass is 10.1. The van der Waals surface area contributed by atoms with Crippen LogP contribution in [-0.2, 0) is 13.0 Å². The molecule has 2 aromatic rings. The molecule has 1 aromatic carbocycles. The lowest BCUT2D eigenvalue weighted by Gasteiger charge is -2.06. The number of hydrogen-bond donors (Lipinski definition) is 2. The first-order valence-electron chi connectivity index (χ1n) is 5.87. The molecule has 5 nitrogen and oxygen atoms in total. The lowest BCUT2D eigenvalue weighted by Crippen LogP contribution is -2.24. The van der Waals surface area contributed by atoms with Crippen molar-refractivity contribution in [1.29, 1.82) is 0 Å². The van der Waals surface area contributed by atoms with Crippen LogP contribution in [0.15, 0.2) is 33.3 Å². The van der Waals surface area contributed by atoms with Gasteiger partial charge in [0.15, 0.2) is 0 Å². The summed E-state index contributed by atoms with van der Waals surface area (Å²) in [5.74, 6) is 1.03. The van der Waals surface area contributed by atoms with Crippen LogP contribution in [0, 0.1) is 0 Å². The number of carbonyl (C=O) groups is 1. The molecule has 0 aliphatic carbocycles. The van der Waals surface area contributed by atoms with Gasteiger partial charge in [-0.15, -0.1) is 0 Å². The maximum absolute atomic E-state index is 12.0. The Morgan fingerprint density at radius 2 is 2.32 bits per heavy atom. The van der Waals surface area contributed by atoms with Crippen LogP contribution in [0.3, 0.4) is 0 Å². The summed E-state index contributed by atoms with van der Waals surface area (Å²) < 4.78 is 6.21. The van der Waals surface area contributed by atoms with Crippen molar-refractivity contribution in [2.75, 3.05) is 5.73 Å². The molecule has 0 fully saturated rings. The molecule has 0 spiro atoms. The number of carbonyl (C=O) groups excluding carboxylic acids is 1. The Morgan fingerprint density at radius 3 is 3.00 bits per heavy atom. The van der Waals surface area contributed by atoms with Gasteiger partial charge < -0.3 is 15.5 Å². The molecular formula is C13H14BrN3O2. The van der Waals surface area contributed by atoms with E-state index >= 15 is 0 Å². The van der Waals surface area contributed by atoms with Crippen molar-refractivity contribution in [2.45, 2.75) is 19.9 Å². The third kappa shape index (κ3) is 3.35. The molecule has 19 heavy (non-hydrogen) atoms. The molecule has 0 saturated heterocycles. The number of oxazole rings is 1. The first kappa shape index (κ1) is 13.6. The van der Waals surface area contributed by atoms with Gasteiger partial charge in [0.1, 0.15) is 5.76 Å². The molecule has 0 atom stereocenters. The zero-order valence-electron chi connectivity index (χ0n) is 10.4. The van der Waals surface area contributed by atoms with Crippen LogP contribution in [-0.4, -0.2) is 10.9 Å². The predicted octanol–water partition coefficient (Wildman–Crippen LogP) is 2.51. The average molecular weight is 324 g/mol. The summed E-state index contributed by atoms with van der Waals surface area (Å²) in [5, 5.41) is 2.72. The molecule has 1 aromatic heterocycles. The van der Waals surface area contributed by atoms with E-state index < -0.39 is 0 Å². The minimum Gasteiger partial charge on any atom is -0.444 e. The minimum absolute atomic E-state index is 0.241. The van der Waals surface area contributed by atoms with Crippen molar-refractivity contribution in [1.82, 2.24) is 10.3 Å². The molecule has 0 aliphatic heterocycles. The van der Waals surface area contributed by atoms with Crippen LogP contribution in [0.2, 0.25) is 0 Å². The average Bonchev–Trinajstić information content (AvgIpc) is 2.87. The van der Waals surface area contributed by atoms with Crippen LogP contribution in [0.1, 0.15) is 28.9 Å². The van der Waals surface area contributed by atoms with Gasteiger partial charge in [-0.05, 0) is 18.2 Å². The van der Waals surface area contributed by atoms with Gasteiger partial charge >= 0.3 is 0 Å². The maximum Gasteiger partial charge on any atom is 0.253 e. The smallest absolute Gasteiger partial charge is 0.253 e. The Morgan fingerprint density at radius 1 is 1.53 bits per heavy atom. The molecular weight excluding hydrogens is 310 g/mol. The first-order chi connectivity index (χ1) is 9.10. The number of nitrogen functional groups attached to an aromatic ring is 1. The highest BCUT2D eigenvalue weighted by molar-refractivity contribution is 9.10. The van der Waals surface area contributed by atoms with E-state index in [0.29, 0.717) is 17.1 Å². The van der Waals surface area contributed by atoms with E-state index in [1.165, 1.54) is 0 Å². The molecule has 3 N–H and O–H groups in total. The zero-order valence-corrected chi connectivity index (χ0v) is 12.0. The van der Waals surface area contributed by atoms with Crippen LogP contribution >= 0.6 is 15.9 Å². The third-order valence-corrected chi connectivity index (χ3v) is 3.10. The van der Waals surface area contributed by atoms with E-state index in [4.69, 9.17) is 10.2 Å². The Bertz CT molecular complexity index is 595. The van der Waals surface area contributed by atoms with Gasteiger partial charge in [-0.2, -0.15) is 0 Å². The number of nitrogens with one attached hydrogen (secondary N) is 1. The number of rotatable bonds is 4. The highest BCUT2D eigenvalue weighted by Gasteiger charge is 2.11. The van der Waals surface area contributed by atoms with Crippen LogP contribution < -0.4 is 11.1 Å². The van der Waals surface area contributed by atoms with Crippen LogP contribution in [0.25, 0.3) is 0 Å². The number of benzene rings is 1. The second-order valence-electron chi connectivity index (χ2n) is 3.99. The lowest BCUT2D eigenvalue weighted by molar-refractivity contribution is 0.0948. The van der Waals surface area contributed by atoms with Crippen molar-refractivity contribution in [2.24, 2.45) is 0 Å². The van der Waals surface area contributed by atoms with Gasteiger partial charge in [0, 0.05) is 16.6 Å².